The second kappa shape index (κ2) is 5.08. The van der Waals surface area contributed by atoms with Crippen LogP contribution in [0.1, 0.15) is 0 Å². The van der Waals surface area contributed by atoms with E-state index in [-0.39, 0.29) is 6.10 Å². The molecule has 0 radical (unpaired) electrons. The summed E-state index contributed by atoms with van der Waals surface area (Å²) in [5, 5.41) is 11.1. The van der Waals surface area contributed by atoms with Crippen LogP contribution in [0.4, 0.5) is 0 Å². The molecule has 1 rings (SSSR count). The van der Waals surface area contributed by atoms with Crippen molar-refractivity contribution < 1.29 is 9.47 Å². The Kier molecular flexibility index (Phi) is 3.91. The van der Waals surface area contributed by atoms with E-state index in [1.807, 2.05) is 6.07 Å². The number of hydrogen-bond acceptors (Lipinski definition) is 4. The van der Waals surface area contributed by atoms with Crippen LogP contribution in [0.15, 0.2) is 0 Å². The topological polar surface area (TPSA) is 54.3 Å². The van der Waals surface area contributed by atoms with Crippen LogP contribution in [-0.4, -0.2) is 39.0 Å². The minimum Gasteiger partial charge on any atom is -0.376 e. The summed E-state index contributed by atoms with van der Waals surface area (Å²) in [6.45, 7) is 3.07. The maximum absolute atomic E-state index is 8.21. The lowest BCUT2D eigenvalue weighted by molar-refractivity contribution is -0.0860. The van der Waals surface area contributed by atoms with E-state index >= 15 is 0 Å². The fourth-order valence-corrected chi connectivity index (χ4v) is 0.944. The van der Waals surface area contributed by atoms with Crippen molar-refractivity contribution in [2.75, 3.05) is 32.9 Å². The van der Waals surface area contributed by atoms with Crippen LogP contribution in [0.5, 0.6) is 0 Å². The molecule has 0 spiro atoms. The van der Waals surface area contributed by atoms with Crippen molar-refractivity contribution in [3.63, 3.8) is 0 Å². The van der Waals surface area contributed by atoms with Gasteiger partial charge in [-0.1, -0.05) is 0 Å². The zero-order valence-electron chi connectivity index (χ0n) is 6.38. The van der Waals surface area contributed by atoms with Gasteiger partial charge in [0.1, 0.15) is 0 Å². The van der Waals surface area contributed by atoms with Gasteiger partial charge in [0.15, 0.2) is 0 Å². The molecule has 0 aromatic heterocycles. The van der Waals surface area contributed by atoms with E-state index in [1.165, 1.54) is 0 Å². The quantitative estimate of drug-likeness (QED) is 0.442. The van der Waals surface area contributed by atoms with E-state index < -0.39 is 0 Å². The molecule has 4 heteroatoms. The molecule has 0 bridgehead atoms. The van der Waals surface area contributed by atoms with Crippen molar-refractivity contribution in [2.24, 2.45) is 0 Å². The monoisotopic (exact) mass is 156 g/mol. The Morgan fingerprint density at radius 1 is 1.55 bits per heavy atom. The normalized spacial score (nSPS) is 24.5. The van der Waals surface area contributed by atoms with Crippen molar-refractivity contribution in [2.45, 2.75) is 6.10 Å². The molecule has 0 aliphatic carbocycles. The summed E-state index contributed by atoms with van der Waals surface area (Å²) >= 11 is 0. The Bertz CT molecular complexity index is 138. The van der Waals surface area contributed by atoms with Crippen molar-refractivity contribution in [1.82, 2.24) is 5.32 Å². The van der Waals surface area contributed by atoms with Crippen molar-refractivity contribution in [3.05, 3.63) is 0 Å². The van der Waals surface area contributed by atoms with Crippen LogP contribution in [0.25, 0.3) is 0 Å². The molecular weight excluding hydrogens is 144 g/mol. The minimum atomic E-state index is 0.122. The average molecular weight is 156 g/mol. The second-order valence-electron chi connectivity index (χ2n) is 2.36. The molecule has 0 aromatic rings. The number of nitriles is 1. The van der Waals surface area contributed by atoms with E-state index in [0.29, 0.717) is 32.9 Å². The molecule has 1 aliphatic heterocycles. The number of hydrogen-bond donors (Lipinski definition) is 1. The summed E-state index contributed by atoms with van der Waals surface area (Å²) in [5.41, 5.74) is 0. The van der Waals surface area contributed by atoms with Gasteiger partial charge in [0.25, 0.3) is 0 Å². The summed E-state index contributed by atoms with van der Waals surface area (Å²) in [6, 6.07) is 2.00. The van der Waals surface area contributed by atoms with Crippen LogP contribution in [-0.2, 0) is 9.47 Å². The average Bonchev–Trinajstić information content (AvgIpc) is 2.07. The molecule has 1 unspecified atom stereocenters. The number of rotatable bonds is 3. The molecule has 4 nitrogen and oxygen atoms in total. The Hall–Kier alpha value is -0.630. The Morgan fingerprint density at radius 3 is 3.09 bits per heavy atom. The third-order valence-electron chi connectivity index (χ3n) is 1.46. The lowest BCUT2D eigenvalue weighted by atomic mass is 10.3. The minimum absolute atomic E-state index is 0.122. The van der Waals surface area contributed by atoms with Gasteiger partial charge in [-0.3, -0.25) is 0 Å². The van der Waals surface area contributed by atoms with Gasteiger partial charge in [-0.2, -0.15) is 5.26 Å². The zero-order chi connectivity index (χ0) is 7.94. The Morgan fingerprint density at radius 2 is 2.45 bits per heavy atom. The molecule has 0 amide bonds. The van der Waals surface area contributed by atoms with Crippen LogP contribution in [0, 0.1) is 11.3 Å². The van der Waals surface area contributed by atoms with Crippen LogP contribution < -0.4 is 5.32 Å². The van der Waals surface area contributed by atoms with Gasteiger partial charge in [0.05, 0.1) is 38.5 Å². The van der Waals surface area contributed by atoms with Crippen LogP contribution in [0.2, 0.25) is 0 Å². The summed E-state index contributed by atoms with van der Waals surface area (Å²) in [4.78, 5) is 0. The highest BCUT2D eigenvalue weighted by molar-refractivity contribution is 4.74. The van der Waals surface area contributed by atoms with Gasteiger partial charge >= 0.3 is 0 Å². The van der Waals surface area contributed by atoms with Gasteiger partial charge in [0.2, 0.25) is 0 Å². The zero-order valence-corrected chi connectivity index (χ0v) is 6.38. The largest absolute Gasteiger partial charge is 0.376 e. The molecule has 11 heavy (non-hydrogen) atoms. The van der Waals surface area contributed by atoms with E-state index in [2.05, 4.69) is 5.32 Å². The smallest absolute Gasteiger partial charge is 0.0933 e. The standard InChI is InChI=1S/C7H12N2O2/c8-1-2-9-5-7-6-10-3-4-11-7/h7,9H,2-6H2. The van der Waals surface area contributed by atoms with E-state index in [0.717, 1.165) is 0 Å². The fraction of sp³-hybridized carbons (Fsp3) is 0.857. The lowest BCUT2D eigenvalue weighted by Crippen LogP contribution is -2.37. The summed E-state index contributed by atoms with van der Waals surface area (Å²) < 4.78 is 10.5. The third-order valence-corrected chi connectivity index (χ3v) is 1.46. The maximum atomic E-state index is 8.21. The number of nitrogens with zero attached hydrogens (tertiary/aromatic N) is 1. The molecule has 0 saturated carbocycles. The third kappa shape index (κ3) is 3.33. The van der Waals surface area contributed by atoms with Crippen molar-refractivity contribution in [1.29, 1.82) is 5.26 Å². The first-order valence-electron chi connectivity index (χ1n) is 3.70. The highest BCUT2D eigenvalue weighted by Crippen LogP contribution is 1.98. The molecule has 0 aromatic carbocycles. The molecule has 1 aliphatic rings. The van der Waals surface area contributed by atoms with Crippen molar-refractivity contribution in [3.8, 4) is 6.07 Å². The predicted octanol–water partition coefficient (Wildman–Crippen LogP) is -0.485. The fourth-order valence-electron chi connectivity index (χ4n) is 0.944. The van der Waals surface area contributed by atoms with Crippen molar-refractivity contribution >= 4 is 0 Å². The number of nitrogens with one attached hydrogen (secondary N) is 1. The molecule has 1 fully saturated rings. The maximum Gasteiger partial charge on any atom is 0.0933 e. The van der Waals surface area contributed by atoms with Gasteiger partial charge in [-0.25, -0.2) is 0 Å². The Balaban J connectivity index is 2.01. The molecule has 1 heterocycles. The van der Waals surface area contributed by atoms with E-state index in [9.17, 15) is 0 Å². The van der Waals surface area contributed by atoms with Crippen LogP contribution >= 0.6 is 0 Å². The van der Waals surface area contributed by atoms with E-state index in [1.54, 1.807) is 0 Å². The SMILES string of the molecule is N#CCNCC1COCCO1. The Labute approximate surface area is 66.1 Å². The first-order chi connectivity index (χ1) is 5.43. The molecule has 1 N–H and O–H groups in total. The molecule has 62 valence electrons. The summed E-state index contributed by atoms with van der Waals surface area (Å²) in [5.74, 6) is 0. The van der Waals surface area contributed by atoms with Crippen LogP contribution in [0.3, 0.4) is 0 Å². The lowest BCUT2D eigenvalue weighted by Gasteiger charge is -2.22. The highest BCUT2D eigenvalue weighted by Gasteiger charge is 2.12. The number of ether oxygens (including phenoxy) is 2. The highest BCUT2D eigenvalue weighted by atomic mass is 16.6. The first-order valence-corrected chi connectivity index (χ1v) is 3.70. The molecule has 1 saturated heterocycles. The van der Waals surface area contributed by atoms with Gasteiger partial charge < -0.3 is 14.8 Å². The predicted molar refractivity (Wildman–Crippen MR) is 39.0 cm³/mol. The van der Waals surface area contributed by atoms with Gasteiger partial charge in [-0.15, -0.1) is 0 Å². The van der Waals surface area contributed by atoms with Gasteiger partial charge in [0, 0.05) is 6.54 Å². The summed E-state index contributed by atoms with van der Waals surface area (Å²) in [6.07, 6.45) is 0.122. The summed E-state index contributed by atoms with van der Waals surface area (Å²) in [7, 11) is 0. The molecule has 1 atom stereocenters. The molecular formula is C7H12N2O2. The first kappa shape index (κ1) is 8.47. The van der Waals surface area contributed by atoms with Gasteiger partial charge in [-0.05, 0) is 0 Å². The van der Waals surface area contributed by atoms with E-state index in [4.69, 9.17) is 14.7 Å². The second-order valence-corrected chi connectivity index (χ2v) is 2.36.